The number of morpholine rings is 1. The van der Waals surface area contributed by atoms with E-state index < -0.39 is 12.0 Å². The van der Waals surface area contributed by atoms with Crippen molar-refractivity contribution in [3.8, 4) is 0 Å². The van der Waals surface area contributed by atoms with Crippen LogP contribution in [-0.2, 0) is 11.2 Å². The number of alkyl halides is 2. The van der Waals surface area contributed by atoms with E-state index in [9.17, 15) is 8.78 Å². The molecule has 0 bridgehead atoms. The molecular weight excluding hydrogens is 260 g/mol. The second-order valence-electron chi connectivity index (χ2n) is 4.71. The normalized spacial score (nSPS) is 25.1. The van der Waals surface area contributed by atoms with Crippen molar-refractivity contribution in [3.05, 3.63) is 34.9 Å². The van der Waals surface area contributed by atoms with Crippen LogP contribution in [0.1, 0.15) is 12.5 Å². The van der Waals surface area contributed by atoms with E-state index in [0.717, 1.165) is 18.9 Å². The summed E-state index contributed by atoms with van der Waals surface area (Å²) in [6.45, 7) is 1.37. The fraction of sp³-hybridized carbons (Fsp3) is 0.538. The molecule has 1 aliphatic rings. The van der Waals surface area contributed by atoms with Gasteiger partial charge in [-0.2, -0.15) is 0 Å². The summed E-state index contributed by atoms with van der Waals surface area (Å²) in [5, 5.41) is 3.79. The van der Waals surface area contributed by atoms with Gasteiger partial charge in [-0.25, -0.2) is 8.78 Å². The van der Waals surface area contributed by atoms with Crippen LogP contribution in [-0.4, -0.2) is 31.2 Å². The molecule has 2 rings (SSSR count). The number of hydrogen-bond donors (Lipinski definition) is 1. The van der Waals surface area contributed by atoms with Gasteiger partial charge in [-0.3, -0.25) is 0 Å². The Bertz CT molecular complexity index is 383. The molecule has 1 saturated heterocycles. The highest BCUT2D eigenvalue weighted by Gasteiger charge is 2.37. The maximum absolute atomic E-state index is 13.0. The third-order valence-electron chi connectivity index (χ3n) is 3.05. The first-order chi connectivity index (χ1) is 8.45. The minimum Gasteiger partial charge on any atom is -0.369 e. The zero-order valence-corrected chi connectivity index (χ0v) is 10.9. The monoisotopic (exact) mass is 275 g/mol. The van der Waals surface area contributed by atoms with E-state index in [1.165, 1.54) is 0 Å². The topological polar surface area (TPSA) is 21.3 Å². The second kappa shape index (κ2) is 5.51. The fourth-order valence-corrected chi connectivity index (χ4v) is 2.11. The van der Waals surface area contributed by atoms with Crippen molar-refractivity contribution in [2.45, 2.75) is 31.4 Å². The highest BCUT2D eigenvalue weighted by molar-refractivity contribution is 6.30. The van der Waals surface area contributed by atoms with Crippen molar-refractivity contribution in [1.82, 2.24) is 5.32 Å². The summed E-state index contributed by atoms with van der Waals surface area (Å²) in [7, 11) is 0. The van der Waals surface area contributed by atoms with Gasteiger partial charge in [-0.05, 0) is 24.1 Å². The lowest BCUT2D eigenvalue weighted by atomic mass is 10.0. The van der Waals surface area contributed by atoms with Crippen LogP contribution in [0.2, 0.25) is 5.02 Å². The Morgan fingerprint density at radius 2 is 2.06 bits per heavy atom. The van der Waals surface area contributed by atoms with Gasteiger partial charge in [0.1, 0.15) is 6.10 Å². The first-order valence-electron chi connectivity index (χ1n) is 5.92. The van der Waals surface area contributed by atoms with Crippen molar-refractivity contribution >= 4 is 11.6 Å². The Kier molecular flexibility index (Phi) is 4.20. The number of halogens is 3. The van der Waals surface area contributed by atoms with Crippen LogP contribution in [0.4, 0.5) is 8.78 Å². The Morgan fingerprint density at radius 1 is 1.39 bits per heavy atom. The first kappa shape index (κ1) is 13.7. The molecule has 0 saturated carbocycles. The molecule has 0 unspecified atom stereocenters. The Morgan fingerprint density at radius 3 is 2.56 bits per heavy atom. The van der Waals surface area contributed by atoms with Gasteiger partial charge in [0, 0.05) is 24.5 Å². The molecule has 0 aromatic heterocycles. The van der Waals surface area contributed by atoms with Crippen LogP contribution in [0, 0.1) is 0 Å². The van der Waals surface area contributed by atoms with E-state index in [4.69, 9.17) is 16.3 Å². The summed E-state index contributed by atoms with van der Waals surface area (Å²) < 4.78 is 31.3. The summed E-state index contributed by atoms with van der Waals surface area (Å²) in [6, 6.07) is 7.59. The summed E-state index contributed by atoms with van der Waals surface area (Å²) in [4.78, 5) is 0. The summed E-state index contributed by atoms with van der Waals surface area (Å²) in [5.41, 5.74) is 1.11. The molecule has 0 amide bonds. The molecule has 2 atom stereocenters. The second-order valence-corrected chi connectivity index (χ2v) is 5.15. The summed E-state index contributed by atoms with van der Waals surface area (Å²) in [5.74, 6) is -2.79. The largest absolute Gasteiger partial charge is 0.369 e. The molecule has 5 heteroatoms. The molecule has 1 fully saturated rings. The summed E-state index contributed by atoms with van der Waals surface area (Å²) in [6.07, 6.45) is -0.280. The van der Waals surface area contributed by atoms with E-state index in [2.05, 4.69) is 5.32 Å². The van der Waals surface area contributed by atoms with E-state index in [1.807, 2.05) is 24.3 Å². The SMILES string of the molecule is CC(F)(F)[C@H]1CN[C@@H](Cc2ccc(Cl)cc2)CO1. The van der Waals surface area contributed by atoms with Crippen LogP contribution in [0.3, 0.4) is 0 Å². The smallest absolute Gasteiger partial charge is 0.272 e. The number of rotatable bonds is 3. The number of nitrogens with one attached hydrogen (secondary N) is 1. The lowest BCUT2D eigenvalue weighted by Crippen LogP contribution is -2.52. The number of benzene rings is 1. The molecule has 0 aliphatic carbocycles. The Balaban J connectivity index is 1.85. The quantitative estimate of drug-likeness (QED) is 0.916. The molecule has 0 radical (unpaired) electrons. The standard InChI is InChI=1S/C13H16ClF2NO/c1-13(15,16)12-7-17-11(8-18-12)6-9-2-4-10(14)5-3-9/h2-5,11-12,17H,6-8H2,1H3/t11-,12+/m0/s1. The van der Waals surface area contributed by atoms with Crippen LogP contribution in [0.15, 0.2) is 24.3 Å². The molecule has 1 aromatic carbocycles. The van der Waals surface area contributed by atoms with Crippen molar-refractivity contribution in [2.75, 3.05) is 13.2 Å². The fourth-order valence-electron chi connectivity index (χ4n) is 1.99. The maximum Gasteiger partial charge on any atom is 0.272 e. The van der Waals surface area contributed by atoms with Gasteiger partial charge in [0.15, 0.2) is 0 Å². The van der Waals surface area contributed by atoms with E-state index in [-0.39, 0.29) is 12.6 Å². The van der Waals surface area contributed by atoms with Crippen molar-refractivity contribution in [2.24, 2.45) is 0 Å². The van der Waals surface area contributed by atoms with Gasteiger partial charge in [-0.1, -0.05) is 23.7 Å². The first-order valence-corrected chi connectivity index (χ1v) is 6.30. The zero-order chi connectivity index (χ0) is 13.2. The van der Waals surface area contributed by atoms with Crippen molar-refractivity contribution in [3.63, 3.8) is 0 Å². The van der Waals surface area contributed by atoms with Crippen LogP contribution in [0.25, 0.3) is 0 Å². The Labute approximate surface area is 110 Å². The molecule has 100 valence electrons. The van der Waals surface area contributed by atoms with Crippen LogP contribution in [0.5, 0.6) is 0 Å². The molecule has 1 N–H and O–H groups in total. The van der Waals surface area contributed by atoms with Gasteiger partial charge in [-0.15, -0.1) is 0 Å². The Hall–Kier alpha value is -0.710. The minimum atomic E-state index is -2.79. The third kappa shape index (κ3) is 3.64. The van der Waals surface area contributed by atoms with Crippen LogP contribution < -0.4 is 5.32 Å². The summed E-state index contributed by atoms with van der Waals surface area (Å²) >= 11 is 5.80. The van der Waals surface area contributed by atoms with Crippen molar-refractivity contribution in [1.29, 1.82) is 0 Å². The molecular formula is C13H16ClF2NO. The molecule has 18 heavy (non-hydrogen) atoms. The molecule has 1 heterocycles. The number of ether oxygens (including phenoxy) is 1. The van der Waals surface area contributed by atoms with E-state index in [1.54, 1.807) is 0 Å². The van der Waals surface area contributed by atoms with Gasteiger partial charge < -0.3 is 10.1 Å². The minimum absolute atomic E-state index is 0.0739. The highest BCUT2D eigenvalue weighted by atomic mass is 35.5. The lowest BCUT2D eigenvalue weighted by molar-refractivity contribution is -0.142. The maximum atomic E-state index is 13.0. The molecule has 1 aliphatic heterocycles. The third-order valence-corrected chi connectivity index (χ3v) is 3.30. The number of hydrogen-bond acceptors (Lipinski definition) is 2. The van der Waals surface area contributed by atoms with E-state index >= 15 is 0 Å². The van der Waals surface area contributed by atoms with E-state index in [0.29, 0.717) is 11.6 Å². The molecule has 0 spiro atoms. The predicted octanol–water partition coefficient (Wildman–Crippen LogP) is 2.89. The molecule has 2 nitrogen and oxygen atoms in total. The predicted molar refractivity (Wildman–Crippen MR) is 67.3 cm³/mol. The van der Waals surface area contributed by atoms with Crippen molar-refractivity contribution < 1.29 is 13.5 Å². The van der Waals surface area contributed by atoms with Gasteiger partial charge >= 0.3 is 0 Å². The zero-order valence-electron chi connectivity index (χ0n) is 10.1. The van der Waals surface area contributed by atoms with Gasteiger partial charge in [0.25, 0.3) is 5.92 Å². The highest BCUT2D eigenvalue weighted by Crippen LogP contribution is 2.22. The average Bonchev–Trinajstić information content (AvgIpc) is 2.32. The lowest BCUT2D eigenvalue weighted by Gasteiger charge is -2.33. The van der Waals surface area contributed by atoms with Gasteiger partial charge in [0.2, 0.25) is 0 Å². The average molecular weight is 276 g/mol. The van der Waals surface area contributed by atoms with Gasteiger partial charge in [0.05, 0.1) is 6.61 Å². The van der Waals surface area contributed by atoms with Crippen LogP contribution >= 0.6 is 11.6 Å². The molecule has 1 aromatic rings.